The third-order valence-electron chi connectivity index (χ3n) is 3.31. The number of likely N-dealkylation sites (tertiary alicyclic amines) is 1. The number of carbonyl (C=O) groups excluding carboxylic acids is 2. The maximum absolute atomic E-state index is 11.9. The minimum atomic E-state index is -1.06. The molecule has 0 saturated carbocycles. The Kier molecular flexibility index (Phi) is 4.89. The zero-order valence-electron chi connectivity index (χ0n) is 11.4. The number of benzene rings is 1. The van der Waals surface area contributed by atoms with E-state index in [1.54, 1.807) is 35.4 Å². The summed E-state index contributed by atoms with van der Waals surface area (Å²) in [4.78, 5) is 26.1. The monoisotopic (exact) mass is 294 g/mol. The molecule has 6 heteroatoms. The Hall–Kier alpha value is -1.69. The molecule has 0 spiro atoms. The van der Waals surface area contributed by atoms with E-state index in [1.807, 2.05) is 0 Å². The highest BCUT2D eigenvalue weighted by Gasteiger charge is 2.18. The lowest BCUT2D eigenvalue weighted by Gasteiger charge is -2.15. The quantitative estimate of drug-likeness (QED) is 0.892. The van der Waals surface area contributed by atoms with Crippen LogP contribution < -0.4 is 5.32 Å². The van der Waals surface area contributed by atoms with Gasteiger partial charge in [0.15, 0.2) is 0 Å². The molecule has 0 aromatic heterocycles. The van der Waals surface area contributed by atoms with Gasteiger partial charge in [0, 0.05) is 40.6 Å². The van der Waals surface area contributed by atoms with Crippen LogP contribution in [0.3, 0.4) is 0 Å². The van der Waals surface area contributed by atoms with Crippen molar-refractivity contribution in [3.05, 3.63) is 29.8 Å². The SMILES string of the molecule is CS(=O)c1ccc(C(=O)NCC(=O)N2CCCC2)cc1. The molecule has 0 radical (unpaired) electrons. The van der Waals surface area contributed by atoms with Gasteiger partial charge in [-0.25, -0.2) is 0 Å². The molecule has 1 aromatic carbocycles. The van der Waals surface area contributed by atoms with Gasteiger partial charge in [-0.3, -0.25) is 13.8 Å². The van der Waals surface area contributed by atoms with Crippen molar-refractivity contribution < 1.29 is 13.8 Å². The van der Waals surface area contributed by atoms with Crippen molar-refractivity contribution in [1.82, 2.24) is 10.2 Å². The van der Waals surface area contributed by atoms with E-state index in [9.17, 15) is 13.8 Å². The Morgan fingerprint density at radius 1 is 1.20 bits per heavy atom. The maximum Gasteiger partial charge on any atom is 0.251 e. The molecule has 1 atom stereocenters. The van der Waals surface area contributed by atoms with Crippen LogP contribution in [0.15, 0.2) is 29.2 Å². The summed E-state index contributed by atoms with van der Waals surface area (Å²) in [5.74, 6) is -0.326. The minimum absolute atomic E-state index is 0.0281. The van der Waals surface area contributed by atoms with E-state index in [-0.39, 0.29) is 18.4 Å². The van der Waals surface area contributed by atoms with Crippen LogP contribution >= 0.6 is 0 Å². The van der Waals surface area contributed by atoms with E-state index in [4.69, 9.17) is 0 Å². The lowest BCUT2D eigenvalue weighted by Crippen LogP contribution is -2.38. The van der Waals surface area contributed by atoms with Crippen LogP contribution in [0, 0.1) is 0 Å². The first kappa shape index (κ1) is 14.7. The van der Waals surface area contributed by atoms with Gasteiger partial charge >= 0.3 is 0 Å². The Labute approximate surface area is 120 Å². The number of nitrogens with zero attached hydrogens (tertiary/aromatic N) is 1. The van der Waals surface area contributed by atoms with Crippen LogP contribution in [0.25, 0.3) is 0 Å². The van der Waals surface area contributed by atoms with E-state index in [2.05, 4.69) is 5.32 Å². The first-order valence-corrected chi connectivity index (χ1v) is 8.13. The van der Waals surface area contributed by atoms with Gasteiger partial charge in [0.05, 0.1) is 6.54 Å². The summed E-state index contributed by atoms with van der Waals surface area (Å²) in [6.45, 7) is 1.59. The second-order valence-electron chi connectivity index (χ2n) is 4.75. The molecule has 1 heterocycles. The topological polar surface area (TPSA) is 66.5 Å². The molecular weight excluding hydrogens is 276 g/mol. The van der Waals surface area contributed by atoms with Crippen molar-refractivity contribution >= 4 is 22.6 Å². The van der Waals surface area contributed by atoms with Gasteiger partial charge in [0.1, 0.15) is 0 Å². The summed E-state index contributed by atoms with van der Waals surface area (Å²) in [6, 6.07) is 6.55. The molecule has 1 aliphatic rings. The van der Waals surface area contributed by atoms with Crippen LogP contribution in [0.4, 0.5) is 0 Å². The van der Waals surface area contributed by atoms with Gasteiger partial charge < -0.3 is 10.2 Å². The first-order valence-electron chi connectivity index (χ1n) is 6.57. The molecular formula is C14H18N2O3S. The predicted molar refractivity (Wildman–Crippen MR) is 76.9 cm³/mol. The number of rotatable bonds is 4. The normalized spacial score (nSPS) is 15.9. The second kappa shape index (κ2) is 6.65. The van der Waals surface area contributed by atoms with Crippen LogP contribution in [0.5, 0.6) is 0 Å². The van der Waals surface area contributed by atoms with Gasteiger partial charge in [0.2, 0.25) is 5.91 Å². The number of amides is 2. The van der Waals surface area contributed by atoms with Gasteiger partial charge in [-0.05, 0) is 37.1 Å². The summed E-state index contributed by atoms with van der Waals surface area (Å²) < 4.78 is 11.2. The van der Waals surface area contributed by atoms with Crippen molar-refractivity contribution in [3.63, 3.8) is 0 Å². The summed E-state index contributed by atoms with van der Waals surface area (Å²) in [7, 11) is -1.06. The highest BCUT2D eigenvalue weighted by Crippen LogP contribution is 2.08. The van der Waals surface area contributed by atoms with Crippen LogP contribution in [0.2, 0.25) is 0 Å². The van der Waals surface area contributed by atoms with Crippen molar-refractivity contribution in [2.45, 2.75) is 17.7 Å². The predicted octanol–water partition coefficient (Wildman–Crippen LogP) is 0.776. The van der Waals surface area contributed by atoms with Crippen molar-refractivity contribution in [2.75, 3.05) is 25.9 Å². The van der Waals surface area contributed by atoms with Gasteiger partial charge in [-0.2, -0.15) is 0 Å². The minimum Gasteiger partial charge on any atom is -0.343 e. The van der Waals surface area contributed by atoms with E-state index in [0.29, 0.717) is 10.5 Å². The average Bonchev–Trinajstić information content (AvgIpc) is 2.98. The summed E-state index contributed by atoms with van der Waals surface area (Å²) in [6.07, 6.45) is 3.66. The maximum atomic E-state index is 11.9. The number of carbonyl (C=O) groups is 2. The third kappa shape index (κ3) is 3.66. The van der Waals surface area contributed by atoms with Crippen LogP contribution in [-0.2, 0) is 15.6 Å². The van der Waals surface area contributed by atoms with Crippen LogP contribution in [0.1, 0.15) is 23.2 Å². The lowest BCUT2D eigenvalue weighted by atomic mass is 10.2. The summed E-state index contributed by atoms with van der Waals surface area (Å²) >= 11 is 0. The molecule has 1 unspecified atom stereocenters. The standard InChI is InChI=1S/C14H18N2O3S/c1-20(19)12-6-4-11(5-7-12)14(18)15-10-13(17)16-8-2-3-9-16/h4-7H,2-3,8-10H2,1H3,(H,15,18). The molecule has 20 heavy (non-hydrogen) atoms. The summed E-state index contributed by atoms with van der Waals surface area (Å²) in [5.41, 5.74) is 0.466. The molecule has 0 bridgehead atoms. The Morgan fingerprint density at radius 2 is 1.80 bits per heavy atom. The van der Waals surface area contributed by atoms with Gasteiger partial charge in [-0.1, -0.05) is 0 Å². The molecule has 5 nitrogen and oxygen atoms in total. The zero-order valence-corrected chi connectivity index (χ0v) is 12.2. The zero-order chi connectivity index (χ0) is 14.5. The molecule has 1 N–H and O–H groups in total. The van der Waals surface area contributed by atoms with E-state index >= 15 is 0 Å². The Balaban J connectivity index is 1.88. The fraction of sp³-hybridized carbons (Fsp3) is 0.429. The fourth-order valence-corrected chi connectivity index (χ4v) is 2.65. The molecule has 2 amide bonds. The average molecular weight is 294 g/mol. The fourth-order valence-electron chi connectivity index (χ4n) is 2.13. The molecule has 1 aliphatic heterocycles. The number of nitrogens with one attached hydrogen (secondary N) is 1. The smallest absolute Gasteiger partial charge is 0.251 e. The number of hydrogen-bond donors (Lipinski definition) is 1. The van der Waals surface area contributed by atoms with Crippen molar-refractivity contribution in [2.24, 2.45) is 0 Å². The van der Waals surface area contributed by atoms with Gasteiger partial charge in [0.25, 0.3) is 5.91 Å². The van der Waals surface area contributed by atoms with Crippen molar-refractivity contribution in [3.8, 4) is 0 Å². The van der Waals surface area contributed by atoms with Crippen LogP contribution in [-0.4, -0.2) is 46.8 Å². The Morgan fingerprint density at radius 3 is 2.35 bits per heavy atom. The summed E-state index contributed by atoms with van der Waals surface area (Å²) in [5, 5.41) is 2.62. The molecule has 108 valence electrons. The molecule has 2 rings (SSSR count). The Bertz CT molecular complexity index is 522. The lowest BCUT2D eigenvalue weighted by molar-refractivity contribution is -0.129. The van der Waals surface area contributed by atoms with Gasteiger partial charge in [-0.15, -0.1) is 0 Å². The highest BCUT2D eigenvalue weighted by molar-refractivity contribution is 7.84. The molecule has 1 saturated heterocycles. The van der Waals surface area contributed by atoms with E-state index < -0.39 is 10.8 Å². The van der Waals surface area contributed by atoms with E-state index in [0.717, 1.165) is 25.9 Å². The largest absolute Gasteiger partial charge is 0.343 e. The molecule has 0 aliphatic carbocycles. The first-order chi connectivity index (χ1) is 9.58. The third-order valence-corrected chi connectivity index (χ3v) is 4.24. The molecule has 1 fully saturated rings. The van der Waals surface area contributed by atoms with Crippen molar-refractivity contribution in [1.29, 1.82) is 0 Å². The second-order valence-corrected chi connectivity index (χ2v) is 6.13. The van der Waals surface area contributed by atoms with E-state index in [1.165, 1.54) is 0 Å². The highest BCUT2D eigenvalue weighted by atomic mass is 32.2. The molecule has 1 aromatic rings. The number of hydrogen-bond acceptors (Lipinski definition) is 3.